The first-order valence-electron chi connectivity index (χ1n) is 6.17. The Hall–Kier alpha value is -0.0800. The van der Waals surface area contributed by atoms with Gasteiger partial charge in [-0.05, 0) is 12.8 Å². The number of fused-ring (bicyclic) bond motifs is 2. The molecule has 3 fully saturated rings. The van der Waals surface area contributed by atoms with Crippen molar-refractivity contribution in [2.24, 2.45) is 0 Å². The SMILES string of the molecule is C1CCC2SC2C1.C=CC12C=CC=CC1S2. The molecule has 86 valence electrons. The van der Waals surface area contributed by atoms with Crippen molar-refractivity contribution in [1.29, 1.82) is 0 Å². The number of thioether (sulfide) groups is 2. The first-order valence-corrected chi connectivity index (χ1v) is 7.99. The van der Waals surface area contributed by atoms with Crippen molar-refractivity contribution < 1.29 is 0 Å². The highest BCUT2D eigenvalue weighted by atomic mass is 32.2. The summed E-state index contributed by atoms with van der Waals surface area (Å²) in [5.41, 5.74) is 0. The molecule has 0 amide bonds. The van der Waals surface area contributed by atoms with Crippen molar-refractivity contribution in [3.05, 3.63) is 37.0 Å². The third kappa shape index (κ3) is 2.14. The molecule has 4 atom stereocenters. The van der Waals surface area contributed by atoms with Gasteiger partial charge in [-0.2, -0.15) is 11.8 Å². The molecule has 0 spiro atoms. The van der Waals surface area contributed by atoms with E-state index in [1.807, 2.05) is 17.8 Å². The van der Waals surface area contributed by atoms with Gasteiger partial charge in [0.25, 0.3) is 0 Å². The van der Waals surface area contributed by atoms with Gasteiger partial charge in [0, 0.05) is 15.7 Å². The van der Waals surface area contributed by atoms with E-state index in [2.05, 4.69) is 42.6 Å². The minimum atomic E-state index is 0.300. The van der Waals surface area contributed by atoms with E-state index in [1.54, 1.807) is 0 Å². The minimum Gasteiger partial charge on any atom is -0.153 e. The van der Waals surface area contributed by atoms with Crippen LogP contribution in [0, 0.1) is 0 Å². The summed E-state index contributed by atoms with van der Waals surface area (Å²) in [6.07, 6.45) is 16.7. The molecule has 1 saturated carbocycles. The zero-order valence-electron chi connectivity index (χ0n) is 9.47. The molecule has 4 rings (SSSR count). The van der Waals surface area contributed by atoms with Gasteiger partial charge < -0.3 is 0 Å². The van der Waals surface area contributed by atoms with Crippen molar-refractivity contribution >= 4 is 23.5 Å². The molecule has 0 aromatic heterocycles. The molecule has 0 radical (unpaired) electrons. The quantitative estimate of drug-likeness (QED) is 0.505. The first-order chi connectivity index (χ1) is 7.84. The van der Waals surface area contributed by atoms with E-state index in [4.69, 9.17) is 0 Å². The average Bonchev–Trinajstić information content (AvgIpc) is 3.23. The number of rotatable bonds is 1. The van der Waals surface area contributed by atoms with Crippen molar-refractivity contribution in [2.75, 3.05) is 0 Å². The Bertz CT molecular complexity index is 335. The normalized spacial score (nSPS) is 45.9. The highest BCUT2D eigenvalue weighted by Crippen LogP contribution is 2.57. The average molecular weight is 250 g/mol. The van der Waals surface area contributed by atoms with Crippen LogP contribution in [0.4, 0.5) is 0 Å². The number of hydrogen-bond donors (Lipinski definition) is 0. The van der Waals surface area contributed by atoms with Gasteiger partial charge in [-0.15, -0.1) is 18.3 Å². The highest BCUT2D eigenvalue weighted by molar-refractivity contribution is 8.09. The second-order valence-electron chi connectivity index (χ2n) is 4.84. The summed E-state index contributed by atoms with van der Waals surface area (Å²) < 4.78 is 0.300. The van der Waals surface area contributed by atoms with E-state index in [1.165, 1.54) is 25.7 Å². The van der Waals surface area contributed by atoms with E-state index in [-0.39, 0.29) is 0 Å². The van der Waals surface area contributed by atoms with Crippen LogP contribution in [0.5, 0.6) is 0 Å². The number of allylic oxidation sites excluding steroid dienone is 2. The molecule has 0 aromatic rings. The van der Waals surface area contributed by atoms with Crippen molar-refractivity contribution in [1.82, 2.24) is 0 Å². The molecule has 4 unspecified atom stereocenters. The Balaban J connectivity index is 0.000000104. The van der Waals surface area contributed by atoms with Crippen LogP contribution in [-0.2, 0) is 0 Å². The topological polar surface area (TPSA) is 0 Å². The van der Waals surface area contributed by atoms with Crippen molar-refractivity contribution in [2.45, 2.75) is 46.2 Å². The van der Waals surface area contributed by atoms with Gasteiger partial charge >= 0.3 is 0 Å². The molecule has 0 aromatic carbocycles. The molecular weight excluding hydrogens is 232 g/mol. The summed E-state index contributed by atoms with van der Waals surface area (Å²) in [5.74, 6) is 0. The number of hydrogen-bond acceptors (Lipinski definition) is 2. The van der Waals surface area contributed by atoms with Gasteiger partial charge in [0.15, 0.2) is 0 Å². The Kier molecular flexibility index (Phi) is 2.97. The van der Waals surface area contributed by atoms with Crippen LogP contribution in [0.1, 0.15) is 25.7 Å². The Morgan fingerprint density at radius 1 is 1.19 bits per heavy atom. The van der Waals surface area contributed by atoms with Gasteiger partial charge in [-0.3, -0.25) is 0 Å². The summed E-state index contributed by atoms with van der Waals surface area (Å²) in [5, 5.41) is 2.93. The zero-order chi connectivity index (χ0) is 11.0. The molecule has 0 nitrogen and oxygen atoms in total. The molecule has 16 heavy (non-hydrogen) atoms. The van der Waals surface area contributed by atoms with E-state index in [0.29, 0.717) is 10.00 Å². The maximum absolute atomic E-state index is 3.79. The summed E-state index contributed by atoms with van der Waals surface area (Å²) in [6, 6.07) is 0. The summed E-state index contributed by atoms with van der Waals surface area (Å²) in [6.45, 7) is 3.79. The van der Waals surface area contributed by atoms with E-state index >= 15 is 0 Å². The third-order valence-electron chi connectivity index (χ3n) is 3.71. The molecule has 2 saturated heterocycles. The van der Waals surface area contributed by atoms with Crippen LogP contribution in [0.2, 0.25) is 0 Å². The smallest absolute Gasteiger partial charge is 0.0679 e. The van der Waals surface area contributed by atoms with E-state index in [9.17, 15) is 0 Å². The van der Waals surface area contributed by atoms with Crippen LogP contribution in [0.25, 0.3) is 0 Å². The zero-order valence-corrected chi connectivity index (χ0v) is 11.1. The fraction of sp³-hybridized carbons (Fsp3) is 0.571. The monoisotopic (exact) mass is 250 g/mol. The van der Waals surface area contributed by atoms with E-state index in [0.717, 1.165) is 10.5 Å². The first kappa shape index (κ1) is 11.0. The van der Waals surface area contributed by atoms with Gasteiger partial charge in [0.05, 0.1) is 4.75 Å². The predicted octanol–water partition coefficient (Wildman–Crippen LogP) is 4.20. The summed E-state index contributed by atoms with van der Waals surface area (Å²) in [7, 11) is 0. The minimum absolute atomic E-state index is 0.300. The molecule has 0 bridgehead atoms. The molecular formula is C14H18S2. The fourth-order valence-electron chi connectivity index (χ4n) is 2.49. The summed E-state index contributed by atoms with van der Waals surface area (Å²) >= 11 is 4.15. The maximum atomic E-state index is 3.79. The standard InChI is InChI=1S/C8H8S.C6H10S/c1-2-8-6-4-3-5-7(8)9-8;1-2-4-6-5(3-1)7-6/h2-7H,1H2;5-6H,1-4H2. The third-order valence-corrected chi connectivity index (χ3v) is 6.73. The van der Waals surface area contributed by atoms with Crippen LogP contribution in [0.15, 0.2) is 37.0 Å². The second-order valence-corrected chi connectivity index (χ2v) is 7.77. The van der Waals surface area contributed by atoms with Gasteiger partial charge in [-0.25, -0.2) is 0 Å². The molecule has 2 aliphatic carbocycles. The Labute approximate surface area is 107 Å². The maximum Gasteiger partial charge on any atom is 0.0679 e. The molecule has 4 aliphatic rings. The van der Waals surface area contributed by atoms with Crippen LogP contribution < -0.4 is 0 Å². The van der Waals surface area contributed by atoms with Crippen LogP contribution in [-0.4, -0.2) is 20.5 Å². The van der Waals surface area contributed by atoms with Crippen molar-refractivity contribution in [3.63, 3.8) is 0 Å². The Morgan fingerprint density at radius 3 is 2.44 bits per heavy atom. The van der Waals surface area contributed by atoms with Gasteiger partial charge in [0.1, 0.15) is 0 Å². The summed E-state index contributed by atoms with van der Waals surface area (Å²) in [4.78, 5) is 0. The lowest BCUT2D eigenvalue weighted by molar-refractivity contribution is 0.571. The Morgan fingerprint density at radius 2 is 1.94 bits per heavy atom. The van der Waals surface area contributed by atoms with Crippen molar-refractivity contribution in [3.8, 4) is 0 Å². The van der Waals surface area contributed by atoms with Crippen LogP contribution in [0.3, 0.4) is 0 Å². The predicted molar refractivity (Wildman–Crippen MR) is 76.2 cm³/mol. The highest BCUT2D eigenvalue weighted by Gasteiger charge is 2.50. The van der Waals surface area contributed by atoms with E-state index < -0.39 is 0 Å². The fourth-order valence-corrected chi connectivity index (χ4v) is 4.77. The lowest BCUT2D eigenvalue weighted by atomic mass is 10.0. The molecule has 0 N–H and O–H groups in total. The van der Waals surface area contributed by atoms with Gasteiger partial charge in [-0.1, -0.05) is 43.2 Å². The molecule has 2 heterocycles. The second kappa shape index (κ2) is 4.30. The lowest BCUT2D eigenvalue weighted by Gasteiger charge is -2.02. The van der Waals surface area contributed by atoms with Gasteiger partial charge in [0.2, 0.25) is 0 Å². The lowest BCUT2D eigenvalue weighted by Crippen LogP contribution is -2.06. The molecule has 2 heteroatoms. The van der Waals surface area contributed by atoms with Crippen LogP contribution >= 0.6 is 23.5 Å². The largest absolute Gasteiger partial charge is 0.153 e. The molecule has 2 aliphatic heterocycles.